The second kappa shape index (κ2) is 10.9. The van der Waals surface area contributed by atoms with Crippen LogP contribution < -0.4 is 15.4 Å². The summed E-state index contributed by atoms with van der Waals surface area (Å²) in [6.07, 6.45) is 2.60. The summed E-state index contributed by atoms with van der Waals surface area (Å²) in [6, 6.07) is 7.58. The van der Waals surface area contributed by atoms with E-state index < -0.39 is 9.84 Å². The molecule has 136 valence electrons. The van der Waals surface area contributed by atoms with Crippen molar-refractivity contribution in [2.45, 2.75) is 12.8 Å². The molecule has 0 aliphatic rings. The van der Waals surface area contributed by atoms with E-state index in [9.17, 15) is 8.42 Å². The second-order valence-corrected chi connectivity index (χ2v) is 7.59. The molecule has 0 aromatic heterocycles. The summed E-state index contributed by atoms with van der Waals surface area (Å²) in [5, 5.41) is 6.24. The first-order chi connectivity index (χ1) is 11.4. The number of guanidine groups is 1. The minimum absolute atomic E-state index is 0.155. The van der Waals surface area contributed by atoms with Crippen LogP contribution in [0.4, 0.5) is 5.69 Å². The van der Waals surface area contributed by atoms with E-state index in [-0.39, 0.29) is 5.75 Å². The van der Waals surface area contributed by atoms with Gasteiger partial charge in [0.1, 0.15) is 15.6 Å². The van der Waals surface area contributed by atoms with E-state index >= 15 is 0 Å². The summed E-state index contributed by atoms with van der Waals surface area (Å²) in [5.41, 5.74) is 0.843. The van der Waals surface area contributed by atoms with E-state index in [0.717, 1.165) is 17.9 Å². The van der Waals surface area contributed by atoms with Crippen LogP contribution in [0.3, 0.4) is 0 Å². The lowest BCUT2D eigenvalue weighted by Gasteiger charge is -2.13. The van der Waals surface area contributed by atoms with E-state index in [1.54, 1.807) is 14.2 Å². The van der Waals surface area contributed by atoms with E-state index in [1.165, 1.54) is 6.26 Å². The number of hydrogen-bond acceptors (Lipinski definition) is 5. The Labute approximate surface area is 144 Å². The Kier molecular flexibility index (Phi) is 9.18. The normalized spacial score (nSPS) is 12.0. The number of aliphatic imine (C=N–C) groups is 1. The van der Waals surface area contributed by atoms with Crippen LogP contribution in [0.25, 0.3) is 0 Å². The van der Waals surface area contributed by atoms with Crippen LogP contribution in [0.2, 0.25) is 0 Å². The second-order valence-electron chi connectivity index (χ2n) is 5.33. The van der Waals surface area contributed by atoms with Gasteiger partial charge in [-0.15, -0.1) is 0 Å². The topological polar surface area (TPSA) is 89.0 Å². The maximum absolute atomic E-state index is 11.1. The van der Waals surface area contributed by atoms with E-state index in [2.05, 4.69) is 15.6 Å². The first-order valence-electron chi connectivity index (χ1n) is 7.82. The monoisotopic (exact) mass is 357 g/mol. The maximum Gasteiger partial charge on any atom is 0.195 e. The third kappa shape index (κ3) is 9.36. The molecule has 8 heteroatoms. The average molecular weight is 357 g/mol. The van der Waals surface area contributed by atoms with Crippen LogP contribution >= 0.6 is 0 Å². The summed E-state index contributed by atoms with van der Waals surface area (Å²) in [5.74, 6) is 1.51. The minimum atomic E-state index is -2.93. The molecular weight excluding hydrogens is 330 g/mol. The molecule has 0 radical (unpaired) electrons. The Bertz CT molecular complexity index is 618. The van der Waals surface area contributed by atoms with Gasteiger partial charge in [0, 0.05) is 51.7 Å². The lowest BCUT2D eigenvalue weighted by Crippen LogP contribution is -2.32. The van der Waals surface area contributed by atoms with Crippen molar-refractivity contribution < 1.29 is 17.9 Å². The van der Waals surface area contributed by atoms with Crippen molar-refractivity contribution in [2.24, 2.45) is 4.99 Å². The van der Waals surface area contributed by atoms with Crippen LogP contribution in [0, 0.1) is 0 Å². The summed E-state index contributed by atoms with van der Waals surface area (Å²) in [7, 11) is 0.397. The van der Waals surface area contributed by atoms with Gasteiger partial charge < -0.3 is 20.1 Å². The molecule has 0 unspecified atom stereocenters. The van der Waals surface area contributed by atoms with Crippen LogP contribution in [0.5, 0.6) is 5.75 Å². The largest absolute Gasteiger partial charge is 0.493 e. The fourth-order valence-corrected chi connectivity index (χ4v) is 2.58. The zero-order valence-corrected chi connectivity index (χ0v) is 15.4. The fourth-order valence-electron chi connectivity index (χ4n) is 1.91. The quantitative estimate of drug-likeness (QED) is 0.375. The van der Waals surface area contributed by atoms with Gasteiger partial charge in [-0.2, -0.15) is 0 Å². The predicted molar refractivity (Wildman–Crippen MR) is 97.7 cm³/mol. The van der Waals surface area contributed by atoms with Crippen LogP contribution in [-0.4, -0.2) is 60.3 Å². The number of nitrogens with zero attached hydrogens (tertiary/aromatic N) is 1. The molecule has 0 saturated heterocycles. The molecule has 0 saturated carbocycles. The third-order valence-corrected chi connectivity index (χ3v) is 4.10. The SMILES string of the molecule is CN=C(NCCCS(C)(=O)=O)Nc1cccc(OCCCOC)c1. The highest BCUT2D eigenvalue weighted by Crippen LogP contribution is 2.17. The Morgan fingerprint density at radius 1 is 1.25 bits per heavy atom. The zero-order valence-electron chi connectivity index (χ0n) is 14.5. The van der Waals surface area contributed by atoms with Crippen molar-refractivity contribution >= 4 is 21.5 Å². The summed E-state index contributed by atoms with van der Waals surface area (Å²) in [4.78, 5) is 4.12. The number of anilines is 1. The number of ether oxygens (including phenoxy) is 2. The standard InChI is InChI=1S/C16H27N3O4S/c1-17-16(18-9-5-12-24(3,20)21)19-14-7-4-8-15(13-14)23-11-6-10-22-2/h4,7-8,13H,5-6,9-12H2,1-3H3,(H2,17,18,19). The molecule has 0 fully saturated rings. The van der Waals surface area contributed by atoms with Crippen molar-refractivity contribution in [1.29, 1.82) is 0 Å². The van der Waals surface area contributed by atoms with Crippen molar-refractivity contribution in [1.82, 2.24) is 5.32 Å². The highest BCUT2D eigenvalue weighted by Gasteiger charge is 2.04. The molecule has 1 aromatic carbocycles. The third-order valence-electron chi connectivity index (χ3n) is 3.07. The molecule has 24 heavy (non-hydrogen) atoms. The van der Waals surface area contributed by atoms with Gasteiger partial charge in [-0.1, -0.05) is 6.07 Å². The van der Waals surface area contributed by atoms with Crippen molar-refractivity contribution in [3.8, 4) is 5.75 Å². The van der Waals surface area contributed by atoms with E-state index in [4.69, 9.17) is 9.47 Å². The molecule has 0 aliphatic heterocycles. The highest BCUT2D eigenvalue weighted by atomic mass is 32.2. The van der Waals surface area contributed by atoms with Gasteiger partial charge >= 0.3 is 0 Å². The smallest absolute Gasteiger partial charge is 0.195 e. The molecule has 0 spiro atoms. The number of rotatable bonds is 10. The predicted octanol–water partition coefficient (Wildman–Crippen LogP) is 1.52. The molecule has 0 amide bonds. The molecular formula is C16H27N3O4S. The first-order valence-corrected chi connectivity index (χ1v) is 9.88. The fraction of sp³-hybridized carbons (Fsp3) is 0.562. The highest BCUT2D eigenvalue weighted by molar-refractivity contribution is 7.90. The Morgan fingerprint density at radius 2 is 2.04 bits per heavy atom. The number of benzene rings is 1. The van der Waals surface area contributed by atoms with Crippen molar-refractivity contribution in [3.05, 3.63) is 24.3 Å². The van der Waals surface area contributed by atoms with Gasteiger partial charge in [0.15, 0.2) is 5.96 Å². The van der Waals surface area contributed by atoms with Gasteiger partial charge in [-0.25, -0.2) is 8.42 Å². The van der Waals surface area contributed by atoms with E-state index in [1.807, 2.05) is 24.3 Å². The molecule has 7 nitrogen and oxygen atoms in total. The molecule has 0 bridgehead atoms. The van der Waals surface area contributed by atoms with Gasteiger partial charge in [-0.05, 0) is 18.6 Å². The van der Waals surface area contributed by atoms with Crippen LogP contribution in [-0.2, 0) is 14.6 Å². The first kappa shape index (κ1) is 20.2. The maximum atomic E-state index is 11.1. The summed E-state index contributed by atoms with van der Waals surface area (Å²) >= 11 is 0. The zero-order chi connectivity index (χ0) is 17.8. The average Bonchev–Trinajstić information content (AvgIpc) is 2.54. The van der Waals surface area contributed by atoms with Gasteiger partial charge in [0.05, 0.1) is 12.4 Å². The summed E-state index contributed by atoms with van der Waals surface area (Å²) in [6.45, 7) is 1.79. The lowest BCUT2D eigenvalue weighted by molar-refractivity contribution is 0.172. The number of hydrogen-bond donors (Lipinski definition) is 2. The Hall–Kier alpha value is -1.80. The number of nitrogens with one attached hydrogen (secondary N) is 2. The lowest BCUT2D eigenvalue weighted by atomic mass is 10.3. The van der Waals surface area contributed by atoms with Crippen LogP contribution in [0.1, 0.15) is 12.8 Å². The van der Waals surface area contributed by atoms with Crippen molar-refractivity contribution in [2.75, 3.05) is 51.2 Å². The molecule has 0 heterocycles. The molecule has 1 aromatic rings. The number of methoxy groups -OCH3 is 1. The van der Waals surface area contributed by atoms with E-state index in [0.29, 0.717) is 32.1 Å². The minimum Gasteiger partial charge on any atom is -0.493 e. The summed E-state index contributed by atoms with van der Waals surface area (Å²) < 4.78 is 32.8. The van der Waals surface area contributed by atoms with Gasteiger partial charge in [0.2, 0.25) is 0 Å². The Morgan fingerprint density at radius 3 is 2.71 bits per heavy atom. The van der Waals surface area contributed by atoms with Crippen LogP contribution in [0.15, 0.2) is 29.3 Å². The Balaban J connectivity index is 2.45. The molecule has 0 atom stereocenters. The van der Waals surface area contributed by atoms with Crippen molar-refractivity contribution in [3.63, 3.8) is 0 Å². The molecule has 0 aliphatic carbocycles. The number of sulfone groups is 1. The molecule has 1 rings (SSSR count). The van der Waals surface area contributed by atoms with Gasteiger partial charge in [0.25, 0.3) is 0 Å². The molecule has 2 N–H and O–H groups in total. The van der Waals surface area contributed by atoms with Gasteiger partial charge in [-0.3, -0.25) is 4.99 Å².